The van der Waals surface area contributed by atoms with Gasteiger partial charge in [-0.15, -0.1) is 0 Å². The molecule has 2 aromatic carbocycles. The van der Waals surface area contributed by atoms with Crippen LogP contribution in [0, 0.1) is 13.8 Å². The molecule has 0 radical (unpaired) electrons. The number of anilines is 1. The van der Waals surface area contributed by atoms with Gasteiger partial charge in [-0.25, -0.2) is 18.5 Å². The van der Waals surface area contributed by atoms with E-state index in [4.69, 9.17) is 5.14 Å². The van der Waals surface area contributed by atoms with Gasteiger partial charge in [0.05, 0.1) is 16.3 Å². The number of rotatable bonds is 6. The van der Waals surface area contributed by atoms with E-state index >= 15 is 0 Å². The van der Waals surface area contributed by atoms with Crippen molar-refractivity contribution in [1.82, 2.24) is 9.55 Å². The summed E-state index contributed by atoms with van der Waals surface area (Å²) in [5.41, 5.74) is 2.00. The quantitative estimate of drug-likeness (QED) is 0.444. The highest BCUT2D eigenvalue weighted by atomic mass is 32.2. The van der Waals surface area contributed by atoms with Gasteiger partial charge in [-0.2, -0.15) is 0 Å². The second-order valence-electron chi connectivity index (χ2n) is 6.55. The SMILES string of the molecule is Cc1cc(=O)n(-c2ccccc2)c(SCC(=O)Nc2cc(S(N)(=O)=O)ccc2C)n1. The van der Waals surface area contributed by atoms with Gasteiger partial charge in [0.1, 0.15) is 0 Å². The summed E-state index contributed by atoms with van der Waals surface area (Å²) in [6, 6.07) is 14.7. The number of thioether (sulfide) groups is 1. The van der Waals surface area contributed by atoms with Crippen LogP contribution in [0.1, 0.15) is 11.3 Å². The lowest BCUT2D eigenvalue weighted by Gasteiger charge is -2.13. The Hall–Kier alpha value is -2.95. The summed E-state index contributed by atoms with van der Waals surface area (Å²) in [7, 11) is -3.88. The maximum Gasteiger partial charge on any atom is 0.258 e. The largest absolute Gasteiger partial charge is 0.325 e. The molecule has 3 N–H and O–H groups in total. The number of benzene rings is 2. The Morgan fingerprint density at radius 3 is 2.50 bits per heavy atom. The van der Waals surface area contributed by atoms with Gasteiger partial charge in [0, 0.05) is 17.4 Å². The third-order valence-electron chi connectivity index (χ3n) is 4.17. The summed E-state index contributed by atoms with van der Waals surface area (Å²) in [4.78, 5) is 29.3. The summed E-state index contributed by atoms with van der Waals surface area (Å²) in [6.07, 6.45) is 0. The molecule has 0 aliphatic rings. The molecule has 1 aromatic heterocycles. The summed E-state index contributed by atoms with van der Waals surface area (Å²) in [5, 5.41) is 8.23. The molecule has 0 unspecified atom stereocenters. The molecule has 0 bridgehead atoms. The van der Waals surface area contributed by atoms with Crippen molar-refractivity contribution in [1.29, 1.82) is 0 Å². The van der Waals surface area contributed by atoms with Crippen molar-refractivity contribution in [2.45, 2.75) is 23.9 Å². The number of hydrogen-bond donors (Lipinski definition) is 2. The first-order chi connectivity index (χ1) is 14.1. The van der Waals surface area contributed by atoms with Gasteiger partial charge in [-0.1, -0.05) is 36.0 Å². The van der Waals surface area contributed by atoms with E-state index in [0.717, 1.165) is 11.8 Å². The minimum absolute atomic E-state index is 0.0260. The van der Waals surface area contributed by atoms with E-state index in [0.29, 0.717) is 27.8 Å². The van der Waals surface area contributed by atoms with Gasteiger partial charge >= 0.3 is 0 Å². The number of carbonyl (C=O) groups is 1. The maximum absolute atomic E-state index is 12.5. The zero-order valence-electron chi connectivity index (χ0n) is 16.3. The Morgan fingerprint density at radius 2 is 1.83 bits per heavy atom. The van der Waals surface area contributed by atoms with E-state index in [-0.39, 0.29) is 22.1 Å². The molecule has 1 amide bonds. The first-order valence-corrected chi connectivity index (χ1v) is 11.4. The van der Waals surface area contributed by atoms with Crippen LogP contribution in [0.5, 0.6) is 0 Å². The predicted octanol–water partition coefficient (Wildman–Crippen LogP) is 2.23. The Balaban J connectivity index is 1.82. The van der Waals surface area contributed by atoms with Crippen LogP contribution >= 0.6 is 11.8 Å². The minimum Gasteiger partial charge on any atom is -0.325 e. The van der Waals surface area contributed by atoms with Crippen LogP contribution in [-0.2, 0) is 14.8 Å². The van der Waals surface area contributed by atoms with Crippen LogP contribution in [0.25, 0.3) is 5.69 Å². The van der Waals surface area contributed by atoms with Crippen molar-refractivity contribution in [3.63, 3.8) is 0 Å². The molecule has 3 rings (SSSR count). The fourth-order valence-electron chi connectivity index (χ4n) is 2.71. The average Bonchev–Trinajstić information content (AvgIpc) is 2.67. The number of primary sulfonamides is 1. The topological polar surface area (TPSA) is 124 Å². The van der Waals surface area contributed by atoms with E-state index < -0.39 is 10.0 Å². The second-order valence-corrected chi connectivity index (χ2v) is 9.05. The number of nitrogens with zero attached hydrogens (tertiary/aromatic N) is 2. The molecule has 30 heavy (non-hydrogen) atoms. The number of aryl methyl sites for hydroxylation is 2. The monoisotopic (exact) mass is 444 g/mol. The van der Waals surface area contributed by atoms with Gasteiger partial charge in [0.2, 0.25) is 15.9 Å². The summed E-state index contributed by atoms with van der Waals surface area (Å²) in [5.74, 6) is -0.396. The molecular weight excluding hydrogens is 424 g/mol. The number of amides is 1. The minimum atomic E-state index is -3.88. The summed E-state index contributed by atoms with van der Waals surface area (Å²) >= 11 is 1.11. The molecule has 8 nitrogen and oxygen atoms in total. The normalized spacial score (nSPS) is 11.3. The average molecular weight is 445 g/mol. The van der Waals surface area contributed by atoms with E-state index in [2.05, 4.69) is 10.3 Å². The molecule has 156 valence electrons. The highest BCUT2D eigenvalue weighted by Gasteiger charge is 2.14. The Bertz CT molecular complexity index is 1260. The predicted molar refractivity (Wildman–Crippen MR) is 116 cm³/mol. The summed E-state index contributed by atoms with van der Waals surface area (Å²) in [6.45, 7) is 3.45. The number of para-hydroxylation sites is 1. The zero-order valence-corrected chi connectivity index (χ0v) is 18.0. The van der Waals surface area contributed by atoms with Crippen molar-refractivity contribution < 1.29 is 13.2 Å². The number of aromatic nitrogens is 2. The fraction of sp³-hybridized carbons (Fsp3) is 0.150. The summed E-state index contributed by atoms with van der Waals surface area (Å²) < 4.78 is 24.5. The van der Waals surface area contributed by atoms with E-state index in [1.54, 1.807) is 32.0 Å². The number of nitrogens with one attached hydrogen (secondary N) is 1. The van der Waals surface area contributed by atoms with Gasteiger partial charge < -0.3 is 5.32 Å². The van der Waals surface area contributed by atoms with E-state index in [9.17, 15) is 18.0 Å². The molecule has 0 atom stereocenters. The highest BCUT2D eigenvalue weighted by molar-refractivity contribution is 7.99. The van der Waals surface area contributed by atoms with Crippen molar-refractivity contribution in [3.8, 4) is 5.69 Å². The zero-order chi connectivity index (χ0) is 21.9. The molecular formula is C20H20N4O4S2. The molecule has 0 aliphatic carbocycles. The Kier molecular flexibility index (Phi) is 6.40. The number of nitrogens with two attached hydrogens (primary N) is 1. The molecule has 0 saturated carbocycles. The van der Waals surface area contributed by atoms with E-state index in [1.807, 2.05) is 18.2 Å². The van der Waals surface area contributed by atoms with Crippen LogP contribution in [0.3, 0.4) is 0 Å². The van der Waals surface area contributed by atoms with E-state index in [1.165, 1.54) is 22.8 Å². The lowest BCUT2D eigenvalue weighted by Crippen LogP contribution is -2.22. The van der Waals surface area contributed by atoms with Gasteiger partial charge in [-0.05, 0) is 43.7 Å². The second kappa shape index (κ2) is 8.82. The molecule has 0 fully saturated rings. The number of carbonyl (C=O) groups excluding carboxylic acids is 1. The van der Waals surface area contributed by atoms with Crippen LogP contribution in [0.4, 0.5) is 5.69 Å². The third kappa shape index (κ3) is 5.15. The highest BCUT2D eigenvalue weighted by Crippen LogP contribution is 2.22. The van der Waals surface area contributed by atoms with Crippen molar-refractivity contribution in [2.24, 2.45) is 5.14 Å². The third-order valence-corrected chi connectivity index (χ3v) is 6.02. The lowest BCUT2D eigenvalue weighted by molar-refractivity contribution is -0.113. The van der Waals surface area contributed by atoms with Crippen molar-refractivity contribution in [3.05, 3.63) is 76.2 Å². The first kappa shape index (κ1) is 21.8. The molecule has 10 heteroatoms. The standard InChI is InChI=1S/C20H20N4O4S2/c1-13-8-9-16(30(21,27)28)11-17(13)23-18(25)12-29-20-22-14(2)10-19(26)24(20)15-6-4-3-5-7-15/h3-11H,12H2,1-2H3,(H,23,25)(H2,21,27,28). The number of sulfonamides is 1. The first-order valence-electron chi connectivity index (χ1n) is 8.87. The van der Waals surface area contributed by atoms with Crippen molar-refractivity contribution in [2.75, 3.05) is 11.1 Å². The molecule has 0 saturated heterocycles. The number of hydrogen-bond acceptors (Lipinski definition) is 6. The van der Waals surface area contributed by atoms with Crippen molar-refractivity contribution >= 4 is 33.4 Å². The molecule has 1 heterocycles. The molecule has 0 aliphatic heterocycles. The Morgan fingerprint density at radius 1 is 1.13 bits per heavy atom. The van der Waals surface area contributed by atoms with Crippen LogP contribution < -0.4 is 16.0 Å². The van der Waals surface area contributed by atoms with Gasteiger partial charge in [0.15, 0.2) is 5.16 Å². The molecule has 3 aromatic rings. The van der Waals surface area contributed by atoms with Gasteiger partial charge in [0.25, 0.3) is 5.56 Å². The van der Waals surface area contributed by atoms with Crippen LogP contribution in [0.15, 0.2) is 69.4 Å². The smallest absolute Gasteiger partial charge is 0.258 e. The fourth-order valence-corrected chi connectivity index (χ4v) is 4.12. The lowest BCUT2D eigenvalue weighted by atomic mass is 10.2. The van der Waals surface area contributed by atoms with Gasteiger partial charge in [-0.3, -0.25) is 14.2 Å². The Labute approximate surface area is 178 Å². The van der Waals surface area contributed by atoms with Crippen LogP contribution in [0.2, 0.25) is 0 Å². The maximum atomic E-state index is 12.5. The molecule has 0 spiro atoms. The van der Waals surface area contributed by atoms with Crippen LogP contribution in [-0.4, -0.2) is 29.6 Å².